The zero-order chi connectivity index (χ0) is 12.6. The number of aryl methyl sites for hydroxylation is 1. The summed E-state index contributed by atoms with van der Waals surface area (Å²) in [5.41, 5.74) is 0.659. The molecule has 0 atom stereocenters. The van der Waals surface area contributed by atoms with E-state index in [4.69, 9.17) is 9.63 Å². The van der Waals surface area contributed by atoms with Gasteiger partial charge in [-0.3, -0.25) is 0 Å². The van der Waals surface area contributed by atoms with Gasteiger partial charge < -0.3 is 9.63 Å². The highest BCUT2D eigenvalue weighted by Crippen LogP contribution is 2.28. The number of nitrogens with zero attached hydrogens (tertiary/aromatic N) is 1. The minimum atomic E-state index is -1.13. The minimum Gasteiger partial charge on any atom is -0.477 e. The molecule has 6 heteroatoms. The number of hydrogen-bond acceptors (Lipinski definition) is 3. The van der Waals surface area contributed by atoms with Crippen LogP contribution in [0.4, 0.5) is 4.39 Å². The molecule has 2 rings (SSSR count). The van der Waals surface area contributed by atoms with Gasteiger partial charge in [0.05, 0.1) is 4.47 Å². The van der Waals surface area contributed by atoms with Gasteiger partial charge in [-0.25, -0.2) is 9.18 Å². The smallest absolute Gasteiger partial charge is 0.341 e. The van der Waals surface area contributed by atoms with E-state index in [1.54, 1.807) is 0 Å². The highest BCUT2D eigenvalue weighted by molar-refractivity contribution is 9.10. The van der Waals surface area contributed by atoms with Crippen LogP contribution in [0.15, 0.2) is 27.2 Å². The lowest BCUT2D eigenvalue weighted by Gasteiger charge is -2.00. The molecule has 1 heterocycles. The Morgan fingerprint density at radius 1 is 1.53 bits per heavy atom. The van der Waals surface area contributed by atoms with E-state index < -0.39 is 11.8 Å². The summed E-state index contributed by atoms with van der Waals surface area (Å²) >= 11 is 3.03. The van der Waals surface area contributed by atoms with Crippen molar-refractivity contribution in [3.05, 3.63) is 39.8 Å². The van der Waals surface area contributed by atoms with Gasteiger partial charge in [-0.15, -0.1) is 0 Å². The van der Waals surface area contributed by atoms with Gasteiger partial charge in [0.25, 0.3) is 0 Å². The molecule has 0 spiro atoms. The summed E-state index contributed by atoms with van der Waals surface area (Å²) in [6.45, 7) is 1.51. The third-order valence-electron chi connectivity index (χ3n) is 2.27. The van der Waals surface area contributed by atoms with Crippen LogP contribution in [0.25, 0.3) is 11.3 Å². The van der Waals surface area contributed by atoms with Crippen molar-refractivity contribution in [2.24, 2.45) is 0 Å². The highest BCUT2D eigenvalue weighted by atomic mass is 79.9. The molecule has 1 aromatic heterocycles. The second kappa shape index (κ2) is 4.29. The van der Waals surface area contributed by atoms with Crippen molar-refractivity contribution in [1.29, 1.82) is 0 Å². The van der Waals surface area contributed by atoms with E-state index in [9.17, 15) is 9.18 Å². The molecule has 88 valence electrons. The minimum absolute atomic E-state index is 0.0106. The third-order valence-corrected chi connectivity index (χ3v) is 2.88. The topological polar surface area (TPSA) is 63.3 Å². The van der Waals surface area contributed by atoms with Gasteiger partial charge in [-0.2, -0.15) is 0 Å². The molecule has 0 aliphatic rings. The standard InChI is InChI=1S/C11H7BrFNO3/c1-5-9(11(15)16)10(14-17-5)6-2-3-8(13)7(12)4-6/h2-4H,1H3,(H,15,16). The van der Waals surface area contributed by atoms with E-state index in [2.05, 4.69) is 21.1 Å². The fraction of sp³-hybridized carbons (Fsp3) is 0.0909. The van der Waals surface area contributed by atoms with E-state index in [-0.39, 0.29) is 21.5 Å². The van der Waals surface area contributed by atoms with Gasteiger partial charge >= 0.3 is 5.97 Å². The maximum Gasteiger partial charge on any atom is 0.341 e. The largest absolute Gasteiger partial charge is 0.477 e. The quantitative estimate of drug-likeness (QED) is 0.924. The first-order chi connectivity index (χ1) is 8.00. The van der Waals surface area contributed by atoms with E-state index >= 15 is 0 Å². The van der Waals surface area contributed by atoms with Gasteiger partial charge in [-0.1, -0.05) is 5.16 Å². The summed E-state index contributed by atoms with van der Waals surface area (Å²) in [7, 11) is 0. The van der Waals surface area contributed by atoms with Crippen LogP contribution in [0, 0.1) is 12.7 Å². The van der Waals surface area contributed by atoms with Crippen molar-refractivity contribution in [3.8, 4) is 11.3 Å². The first kappa shape index (κ1) is 11.8. The van der Waals surface area contributed by atoms with Crippen LogP contribution in [0.1, 0.15) is 16.1 Å². The Labute approximate surface area is 104 Å². The van der Waals surface area contributed by atoms with Crippen molar-refractivity contribution >= 4 is 21.9 Å². The number of halogens is 2. The summed E-state index contributed by atoms with van der Waals surface area (Å²) in [5.74, 6) is -1.34. The van der Waals surface area contributed by atoms with Crippen LogP contribution in [-0.4, -0.2) is 16.2 Å². The summed E-state index contributed by atoms with van der Waals surface area (Å²) < 4.78 is 18.2. The predicted molar refractivity (Wildman–Crippen MR) is 61.3 cm³/mol. The molecule has 0 amide bonds. The predicted octanol–water partition coefficient (Wildman–Crippen LogP) is 3.25. The Hall–Kier alpha value is -1.69. The summed E-state index contributed by atoms with van der Waals surface area (Å²) in [5, 5.41) is 12.7. The molecule has 0 saturated heterocycles. The van der Waals surface area contributed by atoms with Crippen LogP contribution in [0.2, 0.25) is 0 Å². The molecule has 1 N–H and O–H groups in total. The molecule has 0 aliphatic heterocycles. The second-order valence-electron chi connectivity index (χ2n) is 3.40. The number of aromatic carboxylic acids is 1. The molecule has 1 aromatic carbocycles. The molecule has 0 bridgehead atoms. The van der Waals surface area contributed by atoms with E-state index in [1.165, 1.54) is 25.1 Å². The van der Waals surface area contributed by atoms with Gasteiger partial charge in [-0.05, 0) is 41.1 Å². The fourth-order valence-electron chi connectivity index (χ4n) is 1.46. The van der Waals surface area contributed by atoms with Gasteiger partial charge in [0.1, 0.15) is 22.8 Å². The number of benzene rings is 1. The van der Waals surface area contributed by atoms with E-state index in [0.717, 1.165) is 0 Å². The first-order valence-electron chi connectivity index (χ1n) is 4.65. The number of hydrogen-bond donors (Lipinski definition) is 1. The Bertz CT molecular complexity index is 594. The lowest BCUT2D eigenvalue weighted by Crippen LogP contribution is -1.99. The molecule has 17 heavy (non-hydrogen) atoms. The highest BCUT2D eigenvalue weighted by Gasteiger charge is 2.21. The molecule has 0 saturated carbocycles. The van der Waals surface area contributed by atoms with E-state index in [1.807, 2.05) is 0 Å². The van der Waals surface area contributed by atoms with Crippen LogP contribution in [0.5, 0.6) is 0 Å². The molecule has 2 aromatic rings. The van der Waals surface area contributed by atoms with Crippen LogP contribution in [0.3, 0.4) is 0 Å². The molecular weight excluding hydrogens is 293 g/mol. The van der Waals surface area contributed by atoms with Crippen molar-refractivity contribution in [1.82, 2.24) is 5.16 Å². The van der Waals surface area contributed by atoms with Crippen molar-refractivity contribution in [2.75, 3.05) is 0 Å². The molecular formula is C11H7BrFNO3. The monoisotopic (exact) mass is 299 g/mol. The normalized spacial score (nSPS) is 10.5. The lowest BCUT2D eigenvalue weighted by molar-refractivity contribution is 0.0696. The molecule has 0 radical (unpaired) electrons. The number of rotatable bonds is 2. The summed E-state index contributed by atoms with van der Waals surface area (Å²) in [6.07, 6.45) is 0. The van der Waals surface area contributed by atoms with Crippen LogP contribution < -0.4 is 0 Å². The maximum absolute atomic E-state index is 13.1. The van der Waals surface area contributed by atoms with Crippen LogP contribution in [-0.2, 0) is 0 Å². The Morgan fingerprint density at radius 2 is 2.24 bits per heavy atom. The number of carboxylic acids is 1. The fourth-order valence-corrected chi connectivity index (χ4v) is 1.84. The maximum atomic E-state index is 13.1. The number of carbonyl (C=O) groups is 1. The number of aromatic nitrogens is 1. The average molecular weight is 300 g/mol. The third kappa shape index (κ3) is 2.08. The van der Waals surface area contributed by atoms with Gasteiger partial charge in [0.15, 0.2) is 0 Å². The molecule has 0 unspecified atom stereocenters. The Kier molecular flexibility index (Phi) is 2.97. The van der Waals surface area contributed by atoms with Crippen molar-refractivity contribution in [3.63, 3.8) is 0 Å². The summed E-state index contributed by atoms with van der Waals surface area (Å²) in [6, 6.07) is 4.14. The summed E-state index contributed by atoms with van der Waals surface area (Å²) in [4.78, 5) is 11.0. The zero-order valence-electron chi connectivity index (χ0n) is 8.70. The Balaban J connectivity index is 2.60. The average Bonchev–Trinajstić information content (AvgIpc) is 2.64. The molecule has 0 aliphatic carbocycles. The van der Waals surface area contributed by atoms with E-state index in [0.29, 0.717) is 5.56 Å². The number of carboxylic acid groups (broad SMARTS) is 1. The van der Waals surface area contributed by atoms with Crippen LogP contribution >= 0.6 is 15.9 Å². The first-order valence-corrected chi connectivity index (χ1v) is 5.45. The van der Waals surface area contributed by atoms with Crippen molar-refractivity contribution in [2.45, 2.75) is 6.92 Å². The molecule has 4 nitrogen and oxygen atoms in total. The lowest BCUT2D eigenvalue weighted by atomic mass is 10.1. The Morgan fingerprint density at radius 3 is 2.82 bits per heavy atom. The van der Waals surface area contributed by atoms with Crippen molar-refractivity contribution < 1.29 is 18.8 Å². The van der Waals surface area contributed by atoms with Gasteiger partial charge in [0, 0.05) is 5.56 Å². The SMILES string of the molecule is Cc1onc(-c2ccc(F)c(Br)c2)c1C(=O)O. The molecule has 0 fully saturated rings. The second-order valence-corrected chi connectivity index (χ2v) is 4.25. The zero-order valence-corrected chi connectivity index (χ0v) is 10.3. The van der Waals surface area contributed by atoms with Gasteiger partial charge in [0.2, 0.25) is 0 Å².